The Kier molecular flexibility index (Phi) is 5.26. The summed E-state index contributed by atoms with van der Waals surface area (Å²) in [5.74, 6) is 1.54. The third-order valence-corrected chi connectivity index (χ3v) is 6.29. The Morgan fingerprint density at radius 3 is 2.71 bits per heavy atom. The van der Waals surface area contributed by atoms with Crippen LogP contribution in [-0.4, -0.2) is 59.8 Å². The highest BCUT2D eigenvalue weighted by molar-refractivity contribution is 5.67. The maximum Gasteiger partial charge on any atom is 0.408 e. The van der Waals surface area contributed by atoms with Crippen molar-refractivity contribution in [1.82, 2.24) is 29.9 Å². The van der Waals surface area contributed by atoms with Crippen molar-refractivity contribution in [3.63, 3.8) is 0 Å². The average molecular weight is 430 g/mol. The molecular formula is C21H31N7O3. The monoisotopic (exact) mass is 429 g/mol. The number of aromatic nitrogens is 5. The summed E-state index contributed by atoms with van der Waals surface area (Å²) < 4.78 is 7.01. The van der Waals surface area contributed by atoms with Gasteiger partial charge in [-0.1, -0.05) is 5.10 Å². The van der Waals surface area contributed by atoms with Gasteiger partial charge in [0.25, 0.3) is 0 Å². The molecule has 2 aromatic heterocycles. The molecule has 2 atom stereocenters. The second-order valence-electron chi connectivity index (χ2n) is 9.80. The van der Waals surface area contributed by atoms with Crippen molar-refractivity contribution in [3.8, 4) is 6.01 Å². The second-order valence-corrected chi connectivity index (χ2v) is 9.80. The molecule has 31 heavy (non-hydrogen) atoms. The van der Waals surface area contributed by atoms with Crippen LogP contribution in [0.25, 0.3) is 0 Å². The molecule has 0 bridgehead atoms. The quantitative estimate of drug-likeness (QED) is 0.713. The molecule has 1 amide bonds. The average Bonchev–Trinajstić information content (AvgIpc) is 3.08. The fourth-order valence-electron chi connectivity index (χ4n) is 4.47. The highest BCUT2D eigenvalue weighted by Gasteiger charge is 2.50. The van der Waals surface area contributed by atoms with E-state index in [1.54, 1.807) is 4.90 Å². The molecule has 10 heteroatoms. The summed E-state index contributed by atoms with van der Waals surface area (Å²) in [6.45, 7) is 8.32. The molecule has 2 N–H and O–H groups in total. The first-order chi connectivity index (χ1) is 14.6. The molecule has 0 aliphatic heterocycles. The number of nitrogens with zero attached hydrogens (tertiary/aromatic N) is 6. The van der Waals surface area contributed by atoms with Crippen molar-refractivity contribution in [2.24, 2.45) is 0 Å². The van der Waals surface area contributed by atoms with E-state index in [2.05, 4.69) is 48.2 Å². The summed E-state index contributed by atoms with van der Waals surface area (Å²) >= 11 is 0. The van der Waals surface area contributed by atoms with Gasteiger partial charge in [0, 0.05) is 23.6 Å². The summed E-state index contributed by atoms with van der Waals surface area (Å²) in [7, 11) is 1.50. The van der Waals surface area contributed by atoms with Crippen LogP contribution in [0, 0.1) is 0 Å². The predicted octanol–water partition coefficient (Wildman–Crippen LogP) is 3.74. The largest absolute Gasteiger partial charge is 0.466 e. The number of hydrogen-bond donors (Lipinski definition) is 2. The van der Waals surface area contributed by atoms with E-state index in [4.69, 9.17) is 9.84 Å². The van der Waals surface area contributed by atoms with Crippen LogP contribution in [0.3, 0.4) is 0 Å². The molecule has 168 valence electrons. The molecule has 0 radical (unpaired) electrons. The first-order valence-corrected chi connectivity index (χ1v) is 10.7. The van der Waals surface area contributed by atoms with Gasteiger partial charge in [-0.25, -0.2) is 9.48 Å². The van der Waals surface area contributed by atoms with Gasteiger partial charge < -0.3 is 15.2 Å². The lowest BCUT2D eigenvalue weighted by molar-refractivity contribution is 0.0955. The molecule has 0 saturated heterocycles. The second kappa shape index (κ2) is 7.65. The molecule has 0 aromatic carbocycles. The number of carbonyl (C=O) groups is 1. The molecule has 2 aromatic rings. The molecule has 10 nitrogen and oxygen atoms in total. The maximum absolute atomic E-state index is 11.9. The summed E-state index contributed by atoms with van der Waals surface area (Å²) in [5.41, 5.74) is 0.528. The van der Waals surface area contributed by atoms with Gasteiger partial charge in [-0.15, -0.1) is 0 Å². The van der Waals surface area contributed by atoms with Gasteiger partial charge in [0.05, 0.1) is 24.5 Å². The van der Waals surface area contributed by atoms with Gasteiger partial charge in [0.1, 0.15) is 5.82 Å². The third kappa shape index (κ3) is 4.28. The summed E-state index contributed by atoms with van der Waals surface area (Å²) in [6, 6.07) is 2.27. The van der Waals surface area contributed by atoms with E-state index in [9.17, 15) is 9.90 Å². The molecule has 2 saturated carbocycles. The standard InChI is InChI=1S/C21H31N7O3/c1-20(2,3)28-17(23-16-12-22-25-18(24-16)31-5)11-15(26-28)13-6-7-14(10-13)27(19(29)30)21(4)8-9-21/h11-14H,6-10H2,1-5H3,(H,29,30)(H,23,24,25)/t13-,14+/m0/s1. The molecule has 0 spiro atoms. The van der Waals surface area contributed by atoms with Crippen molar-refractivity contribution in [3.05, 3.63) is 18.0 Å². The molecule has 0 unspecified atom stereocenters. The zero-order chi connectivity index (χ0) is 22.4. The van der Waals surface area contributed by atoms with Crippen molar-refractivity contribution >= 4 is 17.7 Å². The molecule has 2 fully saturated rings. The van der Waals surface area contributed by atoms with Crippen molar-refractivity contribution < 1.29 is 14.6 Å². The van der Waals surface area contributed by atoms with E-state index in [0.717, 1.165) is 43.6 Å². The van der Waals surface area contributed by atoms with Crippen molar-refractivity contribution in [2.45, 2.75) is 82.8 Å². The number of anilines is 2. The lowest BCUT2D eigenvalue weighted by Gasteiger charge is -2.32. The Morgan fingerprint density at radius 1 is 1.35 bits per heavy atom. The number of rotatable bonds is 6. The Bertz CT molecular complexity index is 964. The van der Waals surface area contributed by atoms with Crippen LogP contribution >= 0.6 is 0 Å². The van der Waals surface area contributed by atoms with Gasteiger partial charge in [-0.2, -0.15) is 15.2 Å². The molecule has 2 aliphatic rings. The number of nitrogens with one attached hydrogen (secondary N) is 1. The van der Waals surface area contributed by atoms with E-state index < -0.39 is 6.09 Å². The first-order valence-electron chi connectivity index (χ1n) is 10.7. The van der Waals surface area contributed by atoms with Crippen LogP contribution in [0.1, 0.15) is 71.4 Å². The molecule has 2 aliphatic carbocycles. The zero-order valence-corrected chi connectivity index (χ0v) is 18.8. The van der Waals surface area contributed by atoms with E-state index in [1.807, 2.05) is 10.7 Å². The maximum atomic E-state index is 11.9. The van der Waals surface area contributed by atoms with Crippen LogP contribution < -0.4 is 10.1 Å². The van der Waals surface area contributed by atoms with Crippen molar-refractivity contribution in [1.29, 1.82) is 0 Å². The van der Waals surface area contributed by atoms with Gasteiger partial charge in [0.15, 0.2) is 5.82 Å². The third-order valence-electron chi connectivity index (χ3n) is 6.29. The van der Waals surface area contributed by atoms with Crippen LogP contribution in [0.15, 0.2) is 12.3 Å². The Balaban J connectivity index is 1.57. The minimum absolute atomic E-state index is 0.0431. The van der Waals surface area contributed by atoms with Gasteiger partial charge in [-0.05, 0) is 59.8 Å². The van der Waals surface area contributed by atoms with Crippen LogP contribution in [0.4, 0.5) is 16.4 Å². The Hall–Kier alpha value is -2.91. The normalized spacial score (nSPS) is 22.2. The lowest BCUT2D eigenvalue weighted by Crippen LogP contribution is -2.45. The van der Waals surface area contributed by atoms with Gasteiger partial charge in [-0.3, -0.25) is 4.90 Å². The molecular weight excluding hydrogens is 398 g/mol. The minimum Gasteiger partial charge on any atom is -0.466 e. The van der Waals surface area contributed by atoms with E-state index >= 15 is 0 Å². The topological polar surface area (TPSA) is 118 Å². The Morgan fingerprint density at radius 2 is 2.10 bits per heavy atom. The SMILES string of the molecule is COc1nncc(Nc2cc([C@H]3CC[C@@H](N(C(=O)O)C4(C)CC4)C3)nn2C(C)(C)C)n1. The summed E-state index contributed by atoms with van der Waals surface area (Å²) in [4.78, 5) is 17.9. The van der Waals surface area contributed by atoms with Gasteiger partial charge in [0.2, 0.25) is 0 Å². The number of amides is 1. The smallest absolute Gasteiger partial charge is 0.408 e. The van der Waals surface area contributed by atoms with Crippen LogP contribution in [-0.2, 0) is 5.54 Å². The fraction of sp³-hybridized carbons (Fsp3) is 0.667. The first kappa shape index (κ1) is 21.3. The summed E-state index contributed by atoms with van der Waals surface area (Å²) in [5, 5.41) is 25.7. The Labute approximate surface area is 182 Å². The number of hydrogen-bond acceptors (Lipinski definition) is 7. The fourth-order valence-corrected chi connectivity index (χ4v) is 4.47. The molecule has 2 heterocycles. The van der Waals surface area contributed by atoms with E-state index in [-0.39, 0.29) is 29.0 Å². The van der Waals surface area contributed by atoms with Crippen LogP contribution in [0.5, 0.6) is 6.01 Å². The summed E-state index contributed by atoms with van der Waals surface area (Å²) in [6.07, 6.45) is 5.21. The number of carboxylic acid groups (broad SMARTS) is 1. The highest BCUT2D eigenvalue weighted by atomic mass is 16.5. The number of methoxy groups -OCH3 is 1. The van der Waals surface area contributed by atoms with E-state index in [1.165, 1.54) is 13.3 Å². The van der Waals surface area contributed by atoms with Crippen LogP contribution in [0.2, 0.25) is 0 Å². The van der Waals surface area contributed by atoms with E-state index in [0.29, 0.717) is 5.82 Å². The minimum atomic E-state index is -0.807. The van der Waals surface area contributed by atoms with Gasteiger partial charge >= 0.3 is 12.1 Å². The molecule has 4 rings (SSSR count). The highest BCUT2D eigenvalue weighted by Crippen LogP contribution is 2.47. The van der Waals surface area contributed by atoms with Crippen molar-refractivity contribution in [2.75, 3.05) is 12.4 Å². The lowest BCUT2D eigenvalue weighted by atomic mass is 10.0. The number of ether oxygens (including phenoxy) is 1. The predicted molar refractivity (Wildman–Crippen MR) is 115 cm³/mol. The zero-order valence-electron chi connectivity index (χ0n) is 18.8.